The van der Waals surface area contributed by atoms with E-state index in [1.54, 1.807) is 0 Å². The highest BCUT2D eigenvalue weighted by molar-refractivity contribution is 7.99. The molecule has 3 N–H and O–H groups in total. The molecular weight excluding hydrogens is 340 g/mol. The van der Waals surface area contributed by atoms with Crippen LogP contribution >= 0.6 is 11.8 Å². The Kier molecular flexibility index (Phi) is 6.33. The Labute approximate surface area is 151 Å². The Hall–Kier alpha value is -1.15. The van der Waals surface area contributed by atoms with Crippen molar-refractivity contribution >= 4 is 22.5 Å². The smallest absolute Gasteiger partial charge is 0.132 e. The lowest BCUT2D eigenvalue weighted by atomic mass is 10.00. The highest BCUT2D eigenvalue weighted by atomic mass is 32.2. The zero-order valence-corrected chi connectivity index (χ0v) is 14.9. The van der Waals surface area contributed by atoms with E-state index < -0.39 is 29.9 Å². The van der Waals surface area contributed by atoms with Gasteiger partial charge < -0.3 is 24.8 Å². The summed E-state index contributed by atoms with van der Waals surface area (Å²) < 4.78 is 11.4. The summed E-state index contributed by atoms with van der Waals surface area (Å²) >= 11 is 1.43. The molecule has 1 saturated heterocycles. The molecule has 5 atom stereocenters. The third kappa shape index (κ3) is 4.16. The topological polar surface area (TPSA) is 79.2 Å². The minimum Gasteiger partial charge on any atom is -0.394 e. The molecule has 136 valence electrons. The summed E-state index contributed by atoms with van der Waals surface area (Å²) in [4.78, 5) is 0. The first-order valence-electron chi connectivity index (χ1n) is 8.47. The largest absolute Gasteiger partial charge is 0.394 e. The van der Waals surface area contributed by atoms with Crippen LogP contribution in [0.25, 0.3) is 10.8 Å². The standard InChI is InChI=1S/C19H24O5S/c1-2-25-19-17(22)18(16(21)15(10-20)24-19)23-11-12-7-8-13-5-3-4-6-14(13)9-12/h3-9,15-22H,2,10-11H2,1H3/t15-,16-,17-,18+,19+/m1/s1. The number of fused-ring (bicyclic) bond motifs is 1. The zero-order valence-electron chi connectivity index (χ0n) is 14.1. The first kappa shape index (κ1) is 18.6. The minimum absolute atomic E-state index is 0.269. The van der Waals surface area contributed by atoms with Crippen molar-refractivity contribution in [3.05, 3.63) is 48.0 Å². The van der Waals surface area contributed by atoms with Crippen LogP contribution in [0.15, 0.2) is 42.5 Å². The van der Waals surface area contributed by atoms with Gasteiger partial charge in [-0.25, -0.2) is 0 Å². The van der Waals surface area contributed by atoms with Gasteiger partial charge in [0, 0.05) is 0 Å². The number of rotatable bonds is 6. The Morgan fingerprint density at radius 1 is 1.08 bits per heavy atom. The van der Waals surface area contributed by atoms with Crippen LogP contribution in [0, 0.1) is 0 Å². The van der Waals surface area contributed by atoms with Gasteiger partial charge in [0.1, 0.15) is 29.9 Å². The van der Waals surface area contributed by atoms with E-state index in [1.165, 1.54) is 11.8 Å². The molecule has 25 heavy (non-hydrogen) atoms. The van der Waals surface area contributed by atoms with E-state index in [0.717, 1.165) is 22.1 Å². The van der Waals surface area contributed by atoms with Crippen molar-refractivity contribution in [2.75, 3.05) is 12.4 Å². The lowest BCUT2D eigenvalue weighted by Crippen LogP contribution is -2.58. The Balaban J connectivity index is 1.72. The second-order valence-electron chi connectivity index (χ2n) is 6.12. The number of benzene rings is 2. The lowest BCUT2D eigenvalue weighted by molar-refractivity contribution is -0.223. The van der Waals surface area contributed by atoms with Gasteiger partial charge in [-0.3, -0.25) is 0 Å². The van der Waals surface area contributed by atoms with E-state index >= 15 is 0 Å². The highest BCUT2D eigenvalue weighted by Crippen LogP contribution is 2.30. The summed E-state index contributed by atoms with van der Waals surface area (Å²) in [5.41, 5.74) is 0.442. The number of aliphatic hydroxyl groups is 3. The van der Waals surface area contributed by atoms with E-state index in [4.69, 9.17) is 9.47 Å². The second-order valence-corrected chi connectivity index (χ2v) is 7.49. The molecule has 1 heterocycles. The molecule has 2 aromatic rings. The van der Waals surface area contributed by atoms with Crippen molar-refractivity contribution in [2.45, 2.75) is 43.4 Å². The summed E-state index contributed by atoms with van der Waals surface area (Å²) in [5, 5.41) is 32.5. The molecule has 0 aromatic heterocycles. The molecule has 1 aliphatic rings. The average molecular weight is 364 g/mol. The van der Waals surface area contributed by atoms with Gasteiger partial charge in [-0.2, -0.15) is 0 Å². The third-order valence-electron chi connectivity index (χ3n) is 4.41. The van der Waals surface area contributed by atoms with E-state index in [-0.39, 0.29) is 13.2 Å². The van der Waals surface area contributed by atoms with Gasteiger partial charge in [0.05, 0.1) is 13.2 Å². The van der Waals surface area contributed by atoms with Crippen molar-refractivity contribution in [3.8, 4) is 0 Å². The van der Waals surface area contributed by atoms with Gasteiger partial charge in [-0.05, 0) is 28.2 Å². The molecule has 0 amide bonds. The van der Waals surface area contributed by atoms with Crippen LogP contribution in [0.3, 0.4) is 0 Å². The quantitative estimate of drug-likeness (QED) is 0.727. The molecular formula is C19H24O5S. The predicted octanol–water partition coefficient (Wildman–Crippen LogP) is 1.92. The molecule has 0 saturated carbocycles. The Morgan fingerprint density at radius 2 is 1.84 bits per heavy atom. The van der Waals surface area contributed by atoms with E-state index in [1.807, 2.05) is 49.4 Å². The zero-order chi connectivity index (χ0) is 17.8. The summed E-state index contributed by atoms with van der Waals surface area (Å²) in [7, 11) is 0. The molecule has 0 unspecified atom stereocenters. The maximum Gasteiger partial charge on any atom is 0.132 e. The lowest BCUT2D eigenvalue weighted by Gasteiger charge is -2.41. The fraction of sp³-hybridized carbons (Fsp3) is 0.474. The van der Waals surface area contributed by atoms with Crippen LogP contribution in [0.1, 0.15) is 12.5 Å². The van der Waals surface area contributed by atoms with Crippen molar-refractivity contribution in [2.24, 2.45) is 0 Å². The monoisotopic (exact) mass is 364 g/mol. The Morgan fingerprint density at radius 3 is 2.56 bits per heavy atom. The Bertz CT molecular complexity index is 694. The van der Waals surface area contributed by atoms with Gasteiger partial charge in [-0.1, -0.05) is 43.3 Å². The molecule has 0 radical (unpaired) electrons. The van der Waals surface area contributed by atoms with E-state index in [2.05, 4.69) is 0 Å². The van der Waals surface area contributed by atoms with Crippen LogP contribution in [-0.4, -0.2) is 57.5 Å². The van der Waals surface area contributed by atoms with Crippen LogP contribution in [0.5, 0.6) is 0 Å². The van der Waals surface area contributed by atoms with Gasteiger partial charge in [0.25, 0.3) is 0 Å². The van der Waals surface area contributed by atoms with Gasteiger partial charge in [0.15, 0.2) is 0 Å². The minimum atomic E-state index is -1.07. The fourth-order valence-electron chi connectivity index (χ4n) is 3.07. The van der Waals surface area contributed by atoms with Crippen LogP contribution in [-0.2, 0) is 16.1 Å². The SMILES string of the molecule is CCS[C@@H]1O[C@H](CO)[C@@H](O)[C@H](OCc2ccc3ccccc3c2)[C@H]1O. The maximum absolute atomic E-state index is 10.5. The van der Waals surface area contributed by atoms with Crippen molar-refractivity contribution in [1.82, 2.24) is 0 Å². The molecule has 1 aliphatic heterocycles. The number of ether oxygens (including phenoxy) is 2. The average Bonchev–Trinajstić information content (AvgIpc) is 2.64. The first-order chi connectivity index (χ1) is 12.1. The highest BCUT2D eigenvalue weighted by Gasteiger charge is 2.45. The first-order valence-corrected chi connectivity index (χ1v) is 9.52. The van der Waals surface area contributed by atoms with Crippen molar-refractivity contribution in [3.63, 3.8) is 0 Å². The molecule has 1 fully saturated rings. The molecule has 0 aliphatic carbocycles. The van der Waals surface area contributed by atoms with Gasteiger partial charge in [0.2, 0.25) is 0 Å². The normalized spacial score (nSPS) is 29.8. The van der Waals surface area contributed by atoms with Crippen LogP contribution < -0.4 is 0 Å². The van der Waals surface area contributed by atoms with E-state index in [9.17, 15) is 15.3 Å². The maximum atomic E-state index is 10.5. The van der Waals surface area contributed by atoms with Crippen molar-refractivity contribution in [1.29, 1.82) is 0 Å². The predicted molar refractivity (Wildman–Crippen MR) is 98.4 cm³/mol. The van der Waals surface area contributed by atoms with Crippen molar-refractivity contribution < 1.29 is 24.8 Å². The summed E-state index contributed by atoms with van der Waals surface area (Å²) in [6.45, 7) is 1.92. The molecule has 0 spiro atoms. The molecule has 3 rings (SSSR count). The summed E-state index contributed by atoms with van der Waals surface area (Å²) in [6, 6.07) is 14.1. The van der Waals surface area contributed by atoms with Crippen LogP contribution in [0.2, 0.25) is 0 Å². The second kappa shape index (κ2) is 8.49. The number of hydrogen-bond donors (Lipinski definition) is 3. The molecule has 2 aromatic carbocycles. The van der Waals surface area contributed by atoms with Gasteiger partial charge >= 0.3 is 0 Å². The number of hydrogen-bond acceptors (Lipinski definition) is 6. The number of aliphatic hydroxyl groups excluding tert-OH is 3. The molecule has 6 heteroatoms. The van der Waals surface area contributed by atoms with Crippen LogP contribution in [0.4, 0.5) is 0 Å². The van der Waals surface area contributed by atoms with E-state index in [0.29, 0.717) is 0 Å². The van der Waals surface area contributed by atoms with Gasteiger partial charge in [-0.15, -0.1) is 11.8 Å². The molecule has 5 nitrogen and oxygen atoms in total. The molecule has 0 bridgehead atoms. The fourth-order valence-corrected chi connectivity index (χ4v) is 3.97. The third-order valence-corrected chi connectivity index (χ3v) is 5.46. The number of thioether (sulfide) groups is 1. The summed E-state index contributed by atoms with van der Waals surface area (Å²) in [5.74, 6) is 0.757. The summed E-state index contributed by atoms with van der Waals surface area (Å²) in [6.07, 6.45) is -3.59.